The molecule has 90 valence electrons. The van der Waals surface area contributed by atoms with Crippen molar-refractivity contribution in [1.29, 1.82) is 0 Å². The lowest BCUT2D eigenvalue weighted by Gasteiger charge is -2.39. The minimum atomic E-state index is 0.228. The summed E-state index contributed by atoms with van der Waals surface area (Å²) in [6, 6.07) is 1.45. The Labute approximate surface area is 94.0 Å². The zero-order valence-corrected chi connectivity index (χ0v) is 10.4. The molecule has 1 unspecified atom stereocenters. The molecule has 0 saturated carbocycles. The van der Waals surface area contributed by atoms with Gasteiger partial charge in [-0.15, -0.1) is 0 Å². The number of likely N-dealkylation sites (tertiary alicyclic amines) is 1. The van der Waals surface area contributed by atoms with Gasteiger partial charge in [0, 0.05) is 32.3 Å². The van der Waals surface area contributed by atoms with Crippen molar-refractivity contribution in [1.82, 2.24) is 4.90 Å². The van der Waals surface area contributed by atoms with Crippen LogP contribution in [0.3, 0.4) is 0 Å². The van der Waals surface area contributed by atoms with Crippen molar-refractivity contribution in [3.05, 3.63) is 0 Å². The highest BCUT2D eigenvalue weighted by molar-refractivity contribution is 4.80. The van der Waals surface area contributed by atoms with Gasteiger partial charge >= 0.3 is 0 Å². The summed E-state index contributed by atoms with van der Waals surface area (Å²) in [6.45, 7) is 6.42. The molecular formula is C12H26N2O. The predicted octanol–water partition coefficient (Wildman–Crippen LogP) is 1.61. The van der Waals surface area contributed by atoms with Crippen LogP contribution in [0.1, 0.15) is 39.5 Å². The monoisotopic (exact) mass is 214 g/mol. The van der Waals surface area contributed by atoms with E-state index in [2.05, 4.69) is 18.7 Å². The number of hydrogen-bond donors (Lipinski definition) is 1. The number of piperidine rings is 1. The number of methoxy groups -OCH3 is 1. The van der Waals surface area contributed by atoms with Crippen LogP contribution in [0.15, 0.2) is 0 Å². The van der Waals surface area contributed by atoms with Crippen molar-refractivity contribution < 1.29 is 4.74 Å². The summed E-state index contributed by atoms with van der Waals surface area (Å²) in [6.07, 6.45) is 5.34. The van der Waals surface area contributed by atoms with Crippen LogP contribution in [0.5, 0.6) is 0 Å². The third-order valence-corrected chi connectivity index (χ3v) is 3.68. The van der Waals surface area contributed by atoms with Crippen LogP contribution in [-0.4, -0.2) is 43.3 Å². The van der Waals surface area contributed by atoms with Crippen LogP contribution in [0.4, 0.5) is 0 Å². The van der Waals surface area contributed by atoms with Crippen LogP contribution in [0, 0.1) is 0 Å². The second kappa shape index (κ2) is 6.46. The summed E-state index contributed by atoms with van der Waals surface area (Å²) >= 11 is 0. The summed E-state index contributed by atoms with van der Waals surface area (Å²) in [5.74, 6) is 0. The van der Waals surface area contributed by atoms with Gasteiger partial charge in [-0.1, -0.05) is 6.42 Å². The highest BCUT2D eigenvalue weighted by atomic mass is 16.5. The van der Waals surface area contributed by atoms with Crippen LogP contribution in [-0.2, 0) is 4.74 Å². The lowest BCUT2D eigenvalue weighted by Crippen LogP contribution is -2.45. The fourth-order valence-corrected chi connectivity index (χ4v) is 2.54. The van der Waals surface area contributed by atoms with Crippen LogP contribution in [0.25, 0.3) is 0 Å². The standard InChI is InChI=1S/C12H26N2O/c1-10-5-4-6-11(2)14(10)8-7-12(9-13)15-3/h10-12H,4-9,13H2,1-3H3/t10-,11+,12?. The number of nitrogens with zero attached hydrogens (tertiary/aromatic N) is 1. The van der Waals surface area contributed by atoms with Gasteiger partial charge in [0.15, 0.2) is 0 Å². The van der Waals surface area contributed by atoms with Crippen molar-refractivity contribution in [2.75, 3.05) is 20.2 Å². The van der Waals surface area contributed by atoms with E-state index in [9.17, 15) is 0 Å². The van der Waals surface area contributed by atoms with Gasteiger partial charge < -0.3 is 10.5 Å². The molecule has 0 bridgehead atoms. The highest BCUT2D eigenvalue weighted by Gasteiger charge is 2.24. The first-order chi connectivity index (χ1) is 7.19. The Hall–Kier alpha value is -0.120. The van der Waals surface area contributed by atoms with Gasteiger partial charge in [-0.25, -0.2) is 0 Å². The minimum absolute atomic E-state index is 0.228. The molecular weight excluding hydrogens is 188 g/mol. The molecule has 1 rings (SSSR count). The molecule has 0 aromatic carbocycles. The van der Waals surface area contributed by atoms with Crippen molar-refractivity contribution >= 4 is 0 Å². The van der Waals surface area contributed by atoms with Gasteiger partial charge in [-0.2, -0.15) is 0 Å². The molecule has 0 aromatic heterocycles. The molecule has 0 aliphatic carbocycles. The van der Waals surface area contributed by atoms with Gasteiger partial charge in [-0.05, 0) is 33.1 Å². The first-order valence-electron chi connectivity index (χ1n) is 6.17. The molecule has 1 aliphatic heterocycles. The quantitative estimate of drug-likeness (QED) is 0.755. The van der Waals surface area contributed by atoms with Gasteiger partial charge in [0.05, 0.1) is 6.10 Å². The molecule has 0 aromatic rings. The molecule has 1 heterocycles. The Balaban J connectivity index is 2.34. The summed E-state index contributed by atoms with van der Waals surface area (Å²) < 4.78 is 5.31. The van der Waals surface area contributed by atoms with Crippen molar-refractivity contribution in [3.8, 4) is 0 Å². The average molecular weight is 214 g/mol. The number of hydrogen-bond acceptors (Lipinski definition) is 3. The minimum Gasteiger partial charge on any atom is -0.380 e. The van der Waals surface area contributed by atoms with Gasteiger partial charge in [0.25, 0.3) is 0 Å². The van der Waals surface area contributed by atoms with E-state index >= 15 is 0 Å². The number of ether oxygens (including phenoxy) is 1. The third-order valence-electron chi connectivity index (χ3n) is 3.68. The molecule has 2 N–H and O–H groups in total. The normalized spacial score (nSPS) is 30.4. The molecule has 1 fully saturated rings. The summed E-state index contributed by atoms with van der Waals surface area (Å²) in [7, 11) is 1.75. The fraction of sp³-hybridized carbons (Fsp3) is 1.00. The first-order valence-corrected chi connectivity index (χ1v) is 6.17. The highest BCUT2D eigenvalue weighted by Crippen LogP contribution is 2.22. The van der Waals surface area contributed by atoms with Crippen LogP contribution in [0.2, 0.25) is 0 Å². The second-order valence-electron chi connectivity index (χ2n) is 4.75. The third kappa shape index (κ3) is 3.74. The van der Waals surface area contributed by atoms with Crippen LogP contribution >= 0.6 is 0 Å². The maximum Gasteiger partial charge on any atom is 0.0705 e. The molecule has 1 saturated heterocycles. The molecule has 0 radical (unpaired) electrons. The van der Waals surface area contributed by atoms with E-state index < -0.39 is 0 Å². The zero-order valence-electron chi connectivity index (χ0n) is 10.4. The Morgan fingerprint density at radius 2 is 1.93 bits per heavy atom. The molecule has 1 aliphatic rings. The predicted molar refractivity (Wildman–Crippen MR) is 63.9 cm³/mol. The SMILES string of the molecule is COC(CN)CCN1[C@H](C)CCC[C@@H]1C. The molecule has 15 heavy (non-hydrogen) atoms. The zero-order chi connectivity index (χ0) is 11.3. The molecule has 3 atom stereocenters. The Morgan fingerprint density at radius 1 is 1.33 bits per heavy atom. The van der Waals surface area contributed by atoms with Gasteiger partial charge in [0.2, 0.25) is 0 Å². The van der Waals surface area contributed by atoms with Gasteiger partial charge in [0.1, 0.15) is 0 Å². The first kappa shape index (κ1) is 12.9. The summed E-state index contributed by atoms with van der Waals surface area (Å²) in [5, 5.41) is 0. The maximum absolute atomic E-state index is 5.62. The Morgan fingerprint density at radius 3 is 2.40 bits per heavy atom. The number of nitrogens with two attached hydrogens (primary N) is 1. The van der Waals surface area contributed by atoms with E-state index in [1.165, 1.54) is 19.3 Å². The van der Waals surface area contributed by atoms with E-state index in [4.69, 9.17) is 10.5 Å². The van der Waals surface area contributed by atoms with Crippen molar-refractivity contribution in [2.24, 2.45) is 5.73 Å². The topological polar surface area (TPSA) is 38.5 Å². The van der Waals surface area contributed by atoms with Crippen LogP contribution < -0.4 is 5.73 Å². The van der Waals surface area contributed by atoms with Crippen molar-refractivity contribution in [3.63, 3.8) is 0 Å². The van der Waals surface area contributed by atoms with Crippen molar-refractivity contribution in [2.45, 2.75) is 57.7 Å². The second-order valence-corrected chi connectivity index (χ2v) is 4.75. The molecule has 3 nitrogen and oxygen atoms in total. The molecule has 0 amide bonds. The Kier molecular flexibility index (Phi) is 5.58. The van der Waals surface area contributed by atoms with E-state index in [0.29, 0.717) is 6.54 Å². The summed E-state index contributed by atoms with van der Waals surface area (Å²) in [4.78, 5) is 2.60. The maximum atomic E-state index is 5.62. The lowest BCUT2D eigenvalue weighted by atomic mass is 9.97. The smallest absolute Gasteiger partial charge is 0.0705 e. The fourth-order valence-electron chi connectivity index (χ4n) is 2.54. The molecule has 3 heteroatoms. The van der Waals surface area contributed by atoms with E-state index in [1.807, 2.05) is 0 Å². The number of rotatable bonds is 5. The van der Waals surface area contributed by atoms with E-state index in [0.717, 1.165) is 25.0 Å². The van der Waals surface area contributed by atoms with Gasteiger partial charge in [-0.3, -0.25) is 4.90 Å². The lowest BCUT2D eigenvalue weighted by molar-refractivity contribution is 0.0564. The largest absolute Gasteiger partial charge is 0.380 e. The molecule has 0 spiro atoms. The van der Waals surface area contributed by atoms with E-state index in [-0.39, 0.29) is 6.10 Å². The summed E-state index contributed by atoms with van der Waals surface area (Å²) in [5.41, 5.74) is 5.62. The average Bonchev–Trinajstić information content (AvgIpc) is 2.23. The van der Waals surface area contributed by atoms with E-state index in [1.54, 1.807) is 7.11 Å². The Bertz CT molecular complexity index is 161.